The SMILES string of the molecule is C[C@@H](NC(=O)c1sccc1S(=O)(=O)N1CCCC1)C(=O)O. The van der Waals surface area contributed by atoms with Crippen LogP contribution in [0.3, 0.4) is 0 Å². The largest absolute Gasteiger partial charge is 0.480 e. The lowest BCUT2D eigenvalue weighted by Gasteiger charge is -2.16. The van der Waals surface area contributed by atoms with Crippen molar-refractivity contribution >= 4 is 33.2 Å². The predicted molar refractivity (Wildman–Crippen MR) is 76.9 cm³/mol. The topological polar surface area (TPSA) is 104 Å². The number of carboxylic acids is 1. The van der Waals surface area contributed by atoms with E-state index in [4.69, 9.17) is 5.11 Å². The van der Waals surface area contributed by atoms with Crippen molar-refractivity contribution in [1.29, 1.82) is 0 Å². The zero-order chi connectivity index (χ0) is 15.6. The molecule has 7 nitrogen and oxygen atoms in total. The Labute approximate surface area is 126 Å². The molecule has 0 bridgehead atoms. The van der Waals surface area contributed by atoms with Crippen LogP contribution in [0.5, 0.6) is 0 Å². The maximum Gasteiger partial charge on any atom is 0.325 e. The number of amides is 1. The van der Waals surface area contributed by atoms with E-state index in [0.717, 1.165) is 24.2 Å². The summed E-state index contributed by atoms with van der Waals surface area (Å²) in [5.41, 5.74) is 0. The highest BCUT2D eigenvalue weighted by Crippen LogP contribution is 2.27. The molecular formula is C12H16N2O5S2. The maximum atomic E-state index is 12.5. The van der Waals surface area contributed by atoms with Crippen LogP contribution in [0.4, 0.5) is 0 Å². The molecule has 1 aromatic heterocycles. The van der Waals surface area contributed by atoms with Crippen LogP contribution in [0.25, 0.3) is 0 Å². The summed E-state index contributed by atoms with van der Waals surface area (Å²) in [6.07, 6.45) is 1.61. The van der Waals surface area contributed by atoms with Gasteiger partial charge in [0.1, 0.15) is 15.8 Å². The van der Waals surface area contributed by atoms with Crippen molar-refractivity contribution in [3.63, 3.8) is 0 Å². The van der Waals surface area contributed by atoms with E-state index in [9.17, 15) is 18.0 Å². The number of rotatable bonds is 5. The van der Waals surface area contributed by atoms with E-state index in [1.165, 1.54) is 22.7 Å². The van der Waals surface area contributed by atoms with Crippen LogP contribution >= 0.6 is 11.3 Å². The lowest BCUT2D eigenvalue weighted by atomic mass is 10.3. The molecule has 2 N–H and O–H groups in total. The summed E-state index contributed by atoms with van der Waals surface area (Å²) in [7, 11) is -3.69. The minimum Gasteiger partial charge on any atom is -0.480 e. The third-order valence-electron chi connectivity index (χ3n) is 3.24. The summed E-state index contributed by atoms with van der Waals surface area (Å²) in [4.78, 5) is 22.8. The third-order valence-corrected chi connectivity index (χ3v) is 6.22. The molecule has 9 heteroatoms. The summed E-state index contributed by atoms with van der Waals surface area (Å²) >= 11 is 0.986. The van der Waals surface area contributed by atoms with Crippen molar-refractivity contribution in [3.05, 3.63) is 16.3 Å². The van der Waals surface area contributed by atoms with Crippen molar-refractivity contribution in [2.24, 2.45) is 0 Å². The Morgan fingerprint density at radius 1 is 1.38 bits per heavy atom. The highest BCUT2D eigenvalue weighted by atomic mass is 32.2. The first-order valence-electron chi connectivity index (χ1n) is 6.45. The van der Waals surface area contributed by atoms with Crippen LogP contribution < -0.4 is 5.32 Å². The standard InChI is InChI=1S/C12H16N2O5S2/c1-8(12(16)17)13-11(15)10-9(4-7-20-10)21(18,19)14-5-2-3-6-14/h4,7-8H,2-3,5-6H2,1H3,(H,13,15)(H,16,17)/t8-/m1/s1. The van der Waals surface area contributed by atoms with E-state index in [1.807, 2.05) is 0 Å². The Morgan fingerprint density at radius 3 is 2.57 bits per heavy atom. The van der Waals surface area contributed by atoms with Crippen molar-refractivity contribution in [1.82, 2.24) is 9.62 Å². The molecule has 1 saturated heterocycles. The predicted octanol–water partition coefficient (Wildman–Crippen LogP) is 0.736. The van der Waals surface area contributed by atoms with Gasteiger partial charge in [0.15, 0.2) is 0 Å². The van der Waals surface area contributed by atoms with Gasteiger partial charge in [-0.05, 0) is 31.2 Å². The van der Waals surface area contributed by atoms with E-state index in [-0.39, 0.29) is 9.77 Å². The molecule has 0 radical (unpaired) electrons. The van der Waals surface area contributed by atoms with E-state index < -0.39 is 27.9 Å². The molecular weight excluding hydrogens is 316 g/mol. The summed E-state index contributed by atoms with van der Waals surface area (Å²) in [6, 6.07) is 0.306. The Morgan fingerprint density at radius 2 is 2.00 bits per heavy atom. The molecule has 116 valence electrons. The first kappa shape index (κ1) is 15.9. The molecule has 0 saturated carbocycles. The highest BCUT2D eigenvalue weighted by molar-refractivity contribution is 7.89. The second-order valence-corrected chi connectivity index (χ2v) is 7.58. The minimum absolute atomic E-state index is 0.0231. The normalized spacial score (nSPS) is 17.6. The Kier molecular flexibility index (Phi) is 4.64. The lowest BCUT2D eigenvalue weighted by Crippen LogP contribution is -2.39. The molecule has 1 amide bonds. The van der Waals surface area contributed by atoms with Gasteiger partial charge >= 0.3 is 5.97 Å². The summed E-state index contributed by atoms with van der Waals surface area (Å²) in [6.45, 7) is 2.22. The molecule has 0 spiro atoms. The molecule has 0 unspecified atom stereocenters. The fraction of sp³-hybridized carbons (Fsp3) is 0.500. The van der Waals surface area contributed by atoms with Crippen molar-refractivity contribution < 1.29 is 23.1 Å². The van der Waals surface area contributed by atoms with Crippen LogP contribution in [0, 0.1) is 0 Å². The number of sulfonamides is 1. The Hall–Kier alpha value is -1.45. The number of nitrogens with zero attached hydrogens (tertiary/aromatic N) is 1. The smallest absolute Gasteiger partial charge is 0.325 e. The number of carbonyl (C=O) groups excluding carboxylic acids is 1. The first-order chi connectivity index (χ1) is 9.84. The quantitative estimate of drug-likeness (QED) is 0.827. The number of hydrogen-bond acceptors (Lipinski definition) is 5. The number of carboxylic acid groups (broad SMARTS) is 1. The van der Waals surface area contributed by atoms with Crippen molar-refractivity contribution in [3.8, 4) is 0 Å². The fourth-order valence-corrected chi connectivity index (χ4v) is 4.88. The maximum absolute atomic E-state index is 12.5. The van der Waals surface area contributed by atoms with Crippen LogP contribution in [-0.4, -0.2) is 48.8 Å². The highest BCUT2D eigenvalue weighted by Gasteiger charge is 2.32. The van der Waals surface area contributed by atoms with Gasteiger partial charge in [-0.25, -0.2) is 8.42 Å². The van der Waals surface area contributed by atoms with Crippen LogP contribution in [-0.2, 0) is 14.8 Å². The van der Waals surface area contributed by atoms with Gasteiger partial charge in [-0.15, -0.1) is 11.3 Å². The molecule has 1 aliphatic rings. The lowest BCUT2D eigenvalue weighted by molar-refractivity contribution is -0.138. The second kappa shape index (κ2) is 6.12. The molecule has 1 aromatic rings. The number of hydrogen-bond donors (Lipinski definition) is 2. The first-order valence-corrected chi connectivity index (χ1v) is 8.77. The van der Waals surface area contributed by atoms with E-state index in [0.29, 0.717) is 13.1 Å². The monoisotopic (exact) mass is 332 g/mol. The molecule has 0 aliphatic carbocycles. The van der Waals surface area contributed by atoms with Gasteiger partial charge in [-0.2, -0.15) is 4.31 Å². The van der Waals surface area contributed by atoms with Gasteiger partial charge < -0.3 is 10.4 Å². The van der Waals surface area contributed by atoms with Gasteiger partial charge in [0.05, 0.1) is 0 Å². The van der Waals surface area contributed by atoms with Crippen LogP contribution in [0.1, 0.15) is 29.4 Å². The van der Waals surface area contributed by atoms with E-state index in [2.05, 4.69) is 5.32 Å². The van der Waals surface area contributed by atoms with E-state index in [1.54, 1.807) is 0 Å². The molecule has 1 atom stereocenters. The third kappa shape index (κ3) is 3.25. The average Bonchev–Trinajstić information content (AvgIpc) is 3.10. The minimum atomic E-state index is -3.69. The van der Waals surface area contributed by atoms with Crippen LogP contribution in [0.15, 0.2) is 16.3 Å². The zero-order valence-corrected chi connectivity index (χ0v) is 13.0. The van der Waals surface area contributed by atoms with Crippen molar-refractivity contribution in [2.75, 3.05) is 13.1 Å². The number of thiophene rings is 1. The Bertz CT molecular complexity index is 646. The summed E-state index contributed by atoms with van der Waals surface area (Å²) in [5.74, 6) is -1.86. The van der Waals surface area contributed by atoms with Gasteiger partial charge in [-0.3, -0.25) is 9.59 Å². The Balaban J connectivity index is 2.26. The van der Waals surface area contributed by atoms with Gasteiger partial charge in [0.2, 0.25) is 10.0 Å². The number of nitrogens with one attached hydrogen (secondary N) is 1. The summed E-state index contributed by atoms with van der Waals surface area (Å²) in [5, 5.41) is 12.6. The van der Waals surface area contributed by atoms with Crippen molar-refractivity contribution in [2.45, 2.75) is 30.7 Å². The van der Waals surface area contributed by atoms with E-state index >= 15 is 0 Å². The second-order valence-electron chi connectivity index (χ2n) is 4.76. The molecule has 21 heavy (non-hydrogen) atoms. The zero-order valence-electron chi connectivity index (χ0n) is 11.4. The fourth-order valence-electron chi connectivity index (χ4n) is 2.06. The molecule has 1 aliphatic heterocycles. The molecule has 2 heterocycles. The average molecular weight is 332 g/mol. The number of aliphatic carboxylic acids is 1. The van der Waals surface area contributed by atoms with Crippen LogP contribution in [0.2, 0.25) is 0 Å². The molecule has 0 aromatic carbocycles. The van der Waals surface area contributed by atoms with Gasteiger partial charge in [0.25, 0.3) is 5.91 Å². The van der Waals surface area contributed by atoms with Gasteiger partial charge in [-0.1, -0.05) is 0 Å². The number of carbonyl (C=O) groups is 2. The molecule has 2 rings (SSSR count). The molecule has 1 fully saturated rings. The summed E-state index contributed by atoms with van der Waals surface area (Å²) < 4.78 is 26.3. The van der Waals surface area contributed by atoms with Gasteiger partial charge in [0, 0.05) is 13.1 Å².